The highest BCUT2D eigenvalue weighted by Crippen LogP contribution is 2.30. The number of benzene rings is 1. The molecule has 104 valence electrons. The van der Waals surface area contributed by atoms with Gasteiger partial charge < -0.3 is 10.3 Å². The fraction of sp³-hybridized carbons (Fsp3) is 0.500. The number of imidazole rings is 1. The summed E-state index contributed by atoms with van der Waals surface area (Å²) in [5.41, 5.74) is 7.68. The van der Waals surface area contributed by atoms with Gasteiger partial charge in [-0.1, -0.05) is 37.0 Å². The number of rotatable bonds is 3. The Bertz CT molecular complexity index is 609. The SMILES string of the molecule is CC(C)c1nc2cc(Cl)c(Cl)cc2n1CC(C)(C)N. The summed E-state index contributed by atoms with van der Waals surface area (Å²) in [6.45, 7) is 8.92. The molecule has 2 aromatic rings. The van der Waals surface area contributed by atoms with E-state index in [1.54, 1.807) is 0 Å². The van der Waals surface area contributed by atoms with Crippen molar-refractivity contribution < 1.29 is 0 Å². The zero-order valence-electron chi connectivity index (χ0n) is 11.7. The van der Waals surface area contributed by atoms with Crippen LogP contribution in [0.25, 0.3) is 11.0 Å². The number of halogens is 2. The number of fused-ring (bicyclic) bond motifs is 1. The largest absolute Gasteiger partial charge is 0.326 e. The van der Waals surface area contributed by atoms with Crippen molar-refractivity contribution in [1.82, 2.24) is 9.55 Å². The van der Waals surface area contributed by atoms with Gasteiger partial charge in [0.1, 0.15) is 5.82 Å². The van der Waals surface area contributed by atoms with E-state index in [9.17, 15) is 0 Å². The normalized spacial score (nSPS) is 12.6. The molecule has 3 nitrogen and oxygen atoms in total. The zero-order valence-corrected chi connectivity index (χ0v) is 13.2. The Hall–Kier alpha value is -0.770. The molecule has 0 spiro atoms. The lowest BCUT2D eigenvalue weighted by Crippen LogP contribution is -2.37. The maximum absolute atomic E-state index is 6.15. The molecule has 2 N–H and O–H groups in total. The molecule has 19 heavy (non-hydrogen) atoms. The summed E-state index contributed by atoms with van der Waals surface area (Å²) in [5.74, 6) is 1.32. The number of aromatic nitrogens is 2. The van der Waals surface area contributed by atoms with Crippen LogP contribution in [0.5, 0.6) is 0 Å². The Morgan fingerprint density at radius 1 is 1.26 bits per heavy atom. The fourth-order valence-corrected chi connectivity index (χ4v) is 2.47. The highest BCUT2D eigenvalue weighted by atomic mass is 35.5. The van der Waals surface area contributed by atoms with Gasteiger partial charge in [0.15, 0.2) is 0 Å². The van der Waals surface area contributed by atoms with Crippen molar-refractivity contribution in [3.05, 3.63) is 28.0 Å². The van der Waals surface area contributed by atoms with Gasteiger partial charge >= 0.3 is 0 Å². The van der Waals surface area contributed by atoms with E-state index in [4.69, 9.17) is 28.9 Å². The van der Waals surface area contributed by atoms with Crippen LogP contribution in [0.1, 0.15) is 39.4 Å². The standard InChI is InChI=1S/C14H19Cl2N3/c1-8(2)13-18-11-5-9(15)10(16)6-12(11)19(13)7-14(3,4)17/h5-6,8H,7,17H2,1-4H3. The van der Waals surface area contributed by atoms with E-state index in [1.165, 1.54) is 0 Å². The van der Waals surface area contributed by atoms with Crippen LogP contribution in [0, 0.1) is 0 Å². The number of nitrogens with zero attached hydrogens (tertiary/aromatic N) is 2. The molecule has 1 aromatic carbocycles. The van der Waals surface area contributed by atoms with Gasteiger partial charge in [-0.2, -0.15) is 0 Å². The van der Waals surface area contributed by atoms with Crippen LogP contribution in [0.4, 0.5) is 0 Å². The highest BCUT2D eigenvalue weighted by molar-refractivity contribution is 6.42. The van der Waals surface area contributed by atoms with E-state index >= 15 is 0 Å². The molecule has 0 saturated carbocycles. The van der Waals surface area contributed by atoms with E-state index in [0.717, 1.165) is 16.9 Å². The highest BCUT2D eigenvalue weighted by Gasteiger charge is 2.20. The molecule has 0 unspecified atom stereocenters. The van der Waals surface area contributed by atoms with Crippen molar-refractivity contribution in [2.24, 2.45) is 5.73 Å². The molecule has 0 saturated heterocycles. The van der Waals surface area contributed by atoms with Gasteiger partial charge in [0.2, 0.25) is 0 Å². The van der Waals surface area contributed by atoms with Crippen molar-refractivity contribution in [2.75, 3.05) is 0 Å². The molecule has 0 radical (unpaired) electrons. The number of nitrogens with two attached hydrogens (primary N) is 1. The minimum absolute atomic E-state index is 0.312. The van der Waals surface area contributed by atoms with Gasteiger partial charge in [0, 0.05) is 18.0 Å². The molecule has 0 fully saturated rings. The van der Waals surface area contributed by atoms with Crippen LogP contribution in [-0.4, -0.2) is 15.1 Å². The summed E-state index contributed by atoms with van der Waals surface area (Å²) in [6, 6.07) is 3.68. The molecule has 5 heteroatoms. The lowest BCUT2D eigenvalue weighted by Gasteiger charge is -2.22. The maximum atomic E-state index is 6.15. The summed E-state index contributed by atoms with van der Waals surface area (Å²) in [4.78, 5) is 4.66. The second-order valence-corrected chi connectivity index (χ2v) is 6.77. The molecule has 2 rings (SSSR count). The third-order valence-corrected chi connectivity index (χ3v) is 3.62. The lowest BCUT2D eigenvalue weighted by molar-refractivity contribution is 0.427. The fourth-order valence-electron chi connectivity index (χ4n) is 2.15. The summed E-state index contributed by atoms with van der Waals surface area (Å²) >= 11 is 12.2. The minimum atomic E-state index is -0.316. The first kappa shape index (κ1) is 14.6. The monoisotopic (exact) mass is 299 g/mol. The quantitative estimate of drug-likeness (QED) is 0.923. The van der Waals surface area contributed by atoms with Gasteiger partial charge in [-0.3, -0.25) is 0 Å². The molecule has 1 heterocycles. The Labute approximate surface area is 123 Å². The minimum Gasteiger partial charge on any atom is -0.326 e. The molecule has 0 aliphatic heterocycles. The van der Waals surface area contributed by atoms with Gasteiger partial charge in [-0.15, -0.1) is 0 Å². The van der Waals surface area contributed by atoms with Crippen LogP contribution in [-0.2, 0) is 6.54 Å². The third kappa shape index (κ3) is 3.04. The maximum Gasteiger partial charge on any atom is 0.112 e. The van der Waals surface area contributed by atoms with Crippen LogP contribution in [0.2, 0.25) is 10.0 Å². The lowest BCUT2D eigenvalue weighted by atomic mass is 10.1. The van der Waals surface area contributed by atoms with Crippen molar-refractivity contribution in [3.63, 3.8) is 0 Å². The van der Waals surface area contributed by atoms with Crippen LogP contribution in [0.15, 0.2) is 12.1 Å². The first-order valence-electron chi connectivity index (χ1n) is 6.33. The molecule has 0 atom stereocenters. The third-order valence-electron chi connectivity index (χ3n) is 2.90. The Kier molecular flexibility index (Phi) is 3.83. The Balaban J connectivity index is 2.69. The second kappa shape index (κ2) is 4.97. The van der Waals surface area contributed by atoms with E-state index in [0.29, 0.717) is 22.5 Å². The first-order chi connectivity index (χ1) is 8.69. The predicted octanol–water partition coefficient (Wildman–Crippen LogP) is 4.20. The molecule has 0 amide bonds. The predicted molar refractivity (Wildman–Crippen MR) is 82.1 cm³/mol. The van der Waals surface area contributed by atoms with Gasteiger partial charge in [-0.25, -0.2) is 4.98 Å². The topological polar surface area (TPSA) is 43.8 Å². The van der Waals surface area contributed by atoms with Gasteiger partial charge in [0.25, 0.3) is 0 Å². The van der Waals surface area contributed by atoms with E-state index in [2.05, 4.69) is 23.4 Å². The summed E-state index contributed by atoms with van der Waals surface area (Å²) in [7, 11) is 0. The molecular weight excluding hydrogens is 281 g/mol. The average molecular weight is 300 g/mol. The van der Waals surface area contributed by atoms with Crippen molar-refractivity contribution >= 4 is 34.2 Å². The second-order valence-electron chi connectivity index (χ2n) is 5.95. The zero-order chi connectivity index (χ0) is 14.4. The molecule has 0 bridgehead atoms. The molecule has 0 aliphatic carbocycles. The average Bonchev–Trinajstić information content (AvgIpc) is 2.56. The number of hydrogen-bond acceptors (Lipinski definition) is 2. The molecule has 0 aliphatic rings. The van der Waals surface area contributed by atoms with E-state index in [1.807, 2.05) is 26.0 Å². The van der Waals surface area contributed by atoms with Crippen molar-refractivity contribution in [1.29, 1.82) is 0 Å². The van der Waals surface area contributed by atoms with Gasteiger partial charge in [-0.05, 0) is 26.0 Å². The van der Waals surface area contributed by atoms with Crippen molar-refractivity contribution in [2.45, 2.75) is 45.7 Å². The number of hydrogen-bond donors (Lipinski definition) is 1. The first-order valence-corrected chi connectivity index (χ1v) is 7.08. The Morgan fingerprint density at radius 3 is 2.37 bits per heavy atom. The summed E-state index contributed by atoms with van der Waals surface area (Å²) < 4.78 is 2.14. The smallest absolute Gasteiger partial charge is 0.112 e. The van der Waals surface area contributed by atoms with Crippen LogP contribution >= 0.6 is 23.2 Å². The molecular formula is C14H19Cl2N3. The summed E-state index contributed by atoms with van der Waals surface area (Å²) in [6.07, 6.45) is 0. The molecule has 1 aromatic heterocycles. The van der Waals surface area contributed by atoms with Crippen LogP contribution < -0.4 is 5.73 Å². The van der Waals surface area contributed by atoms with Crippen LogP contribution in [0.3, 0.4) is 0 Å². The summed E-state index contributed by atoms with van der Waals surface area (Å²) in [5, 5.41) is 1.07. The van der Waals surface area contributed by atoms with Crippen molar-refractivity contribution in [3.8, 4) is 0 Å². The van der Waals surface area contributed by atoms with E-state index < -0.39 is 0 Å². The van der Waals surface area contributed by atoms with Gasteiger partial charge in [0.05, 0.1) is 21.1 Å². The van der Waals surface area contributed by atoms with E-state index in [-0.39, 0.29) is 5.54 Å². The Morgan fingerprint density at radius 2 is 1.84 bits per heavy atom.